The quantitative estimate of drug-likeness (QED) is 0.504. The molecule has 0 unspecified atom stereocenters. The molecule has 3 N–H and O–H groups in total. The van der Waals surface area contributed by atoms with Crippen molar-refractivity contribution in [1.29, 1.82) is 0 Å². The highest BCUT2D eigenvalue weighted by Crippen LogP contribution is 2.32. The van der Waals surface area contributed by atoms with Crippen LogP contribution in [0.4, 0.5) is 11.4 Å². The van der Waals surface area contributed by atoms with Gasteiger partial charge in [0.2, 0.25) is 0 Å². The van der Waals surface area contributed by atoms with Gasteiger partial charge in [-0.3, -0.25) is 10.1 Å². The Morgan fingerprint density at radius 3 is 2.28 bits per heavy atom. The van der Waals surface area contributed by atoms with E-state index in [-0.39, 0.29) is 17.1 Å². The van der Waals surface area contributed by atoms with Crippen LogP contribution in [0.2, 0.25) is 0 Å². The zero-order valence-electron chi connectivity index (χ0n) is 9.24. The summed E-state index contributed by atoms with van der Waals surface area (Å²) in [7, 11) is 0. The molecule has 2 rings (SSSR count). The molecule has 0 spiro atoms. The van der Waals surface area contributed by atoms with Gasteiger partial charge in [-0.25, -0.2) is 0 Å². The maximum absolute atomic E-state index is 10.6. The number of nitrogens with zero attached hydrogens (tertiary/aromatic N) is 1. The molecule has 0 aliphatic carbocycles. The van der Waals surface area contributed by atoms with Crippen LogP contribution in [0.1, 0.15) is 0 Å². The minimum absolute atomic E-state index is 0.0925. The maximum atomic E-state index is 10.6. The van der Waals surface area contributed by atoms with Crippen molar-refractivity contribution in [2.75, 3.05) is 5.73 Å². The molecule has 0 bridgehead atoms. The molecule has 0 saturated heterocycles. The monoisotopic (exact) mass is 262 g/mol. The Kier molecular flexibility index (Phi) is 3.38. The standard InChI is InChI=1S/C12H10N2O3S/c13-11-7-10(5-6-12(11)14(16)17)18-9-3-1-8(15)2-4-9/h1-7,15H,13H2. The third-order valence-electron chi connectivity index (χ3n) is 2.27. The van der Waals surface area contributed by atoms with Crippen LogP contribution >= 0.6 is 11.8 Å². The minimum atomic E-state index is -0.510. The number of nitrogen functional groups attached to an aromatic ring is 1. The number of anilines is 1. The van der Waals surface area contributed by atoms with Crippen LogP contribution in [-0.2, 0) is 0 Å². The van der Waals surface area contributed by atoms with Crippen molar-refractivity contribution < 1.29 is 10.0 Å². The summed E-state index contributed by atoms with van der Waals surface area (Å²) in [6.45, 7) is 0. The number of phenolic OH excluding ortho intramolecular Hbond substituents is 1. The number of phenols is 1. The van der Waals surface area contributed by atoms with Crippen molar-refractivity contribution in [2.45, 2.75) is 9.79 Å². The van der Waals surface area contributed by atoms with E-state index in [1.807, 2.05) is 0 Å². The summed E-state index contributed by atoms with van der Waals surface area (Å²) in [6, 6.07) is 11.3. The molecule has 0 fully saturated rings. The van der Waals surface area contributed by atoms with Gasteiger partial charge in [-0.1, -0.05) is 11.8 Å². The summed E-state index contributed by atoms with van der Waals surface area (Å²) in [5, 5.41) is 19.8. The molecule has 0 aliphatic heterocycles. The Morgan fingerprint density at radius 2 is 1.72 bits per heavy atom. The number of hydrogen-bond donors (Lipinski definition) is 2. The van der Waals surface area contributed by atoms with E-state index < -0.39 is 4.92 Å². The highest BCUT2D eigenvalue weighted by molar-refractivity contribution is 7.99. The summed E-state index contributed by atoms with van der Waals surface area (Å²) in [5.41, 5.74) is 5.65. The molecule has 2 aromatic rings. The normalized spacial score (nSPS) is 10.2. The van der Waals surface area contributed by atoms with Gasteiger partial charge >= 0.3 is 0 Å². The molecule has 2 aromatic carbocycles. The van der Waals surface area contributed by atoms with E-state index >= 15 is 0 Å². The van der Waals surface area contributed by atoms with Crippen molar-refractivity contribution in [1.82, 2.24) is 0 Å². The molecule has 0 saturated carbocycles. The molecule has 5 nitrogen and oxygen atoms in total. The number of hydrogen-bond acceptors (Lipinski definition) is 5. The lowest BCUT2D eigenvalue weighted by atomic mass is 10.3. The third-order valence-corrected chi connectivity index (χ3v) is 3.27. The van der Waals surface area contributed by atoms with Crippen LogP contribution in [0.25, 0.3) is 0 Å². The highest BCUT2D eigenvalue weighted by Gasteiger charge is 2.11. The Hall–Kier alpha value is -2.21. The Bertz CT molecular complexity index is 584. The van der Waals surface area contributed by atoms with Gasteiger partial charge in [0.05, 0.1) is 4.92 Å². The van der Waals surface area contributed by atoms with Gasteiger partial charge in [-0.05, 0) is 36.4 Å². The number of nitro benzene ring substituents is 1. The number of rotatable bonds is 3. The first kappa shape index (κ1) is 12.3. The second-order valence-corrected chi connectivity index (χ2v) is 4.72. The van der Waals surface area contributed by atoms with E-state index in [4.69, 9.17) is 10.8 Å². The molecule has 0 radical (unpaired) electrons. The average molecular weight is 262 g/mol. The molecule has 0 atom stereocenters. The van der Waals surface area contributed by atoms with Gasteiger partial charge in [0, 0.05) is 15.9 Å². The predicted molar refractivity (Wildman–Crippen MR) is 69.7 cm³/mol. The minimum Gasteiger partial charge on any atom is -0.508 e. The van der Waals surface area contributed by atoms with E-state index in [0.29, 0.717) is 0 Å². The molecule has 18 heavy (non-hydrogen) atoms. The van der Waals surface area contributed by atoms with E-state index in [1.54, 1.807) is 36.4 Å². The zero-order valence-corrected chi connectivity index (χ0v) is 10.1. The second-order valence-electron chi connectivity index (χ2n) is 3.57. The fraction of sp³-hybridized carbons (Fsp3) is 0. The van der Waals surface area contributed by atoms with Crippen molar-refractivity contribution >= 4 is 23.1 Å². The Morgan fingerprint density at radius 1 is 1.11 bits per heavy atom. The third kappa shape index (κ3) is 2.72. The van der Waals surface area contributed by atoms with Crippen molar-refractivity contribution in [3.05, 3.63) is 52.6 Å². The van der Waals surface area contributed by atoms with Crippen LogP contribution in [-0.4, -0.2) is 10.0 Å². The fourth-order valence-electron chi connectivity index (χ4n) is 1.41. The van der Waals surface area contributed by atoms with Gasteiger partial charge in [0.25, 0.3) is 5.69 Å². The predicted octanol–water partition coefficient (Wildman–Crippen LogP) is 3.03. The van der Waals surface area contributed by atoms with E-state index in [2.05, 4.69) is 0 Å². The summed E-state index contributed by atoms with van der Waals surface area (Å²) in [4.78, 5) is 11.8. The van der Waals surface area contributed by atoms with E-state index in [0.717, 1.165) is 9.79 Å². The molecular formula is C12H10N2O3S. The van der Waals surface area contributed by atoms with Gasteiger partial charge < -0.3 is 10.8 Å². The average Bonchev–Trinajstić information content (AvgIpc) is 2.32. The Labute approximate surface area is 107 Å². The lowest BCUT2D eigenvalue weighted by Crippen LogP contribution is -1.95. The van der Waals surface area contributed by atoms with Crippen LogP contribution in [0.3, 0.4) is 0 Å². The molecule has 0 heterocycles. The lowest BCUT2D eigenvalue weighted by molar-refractivity contribution is -0.383. The van der Waals surface area contributed by atoms with Gasteiger partial charge in [-0.15, -0.1) is 0 Å². The van der Waals surface area contributed by atoms with E-state index in [9.17, 15) is 10.1 Å². The number of aromatic hydroxyl groups is 1. The molecule has 0 amide bonds. The molecular weight excluding hydrogens is 252 g/mol. The molecule has 6 heteroatoms. The summed E-state index contributed by atoms with van der Waals surface area (Å²) in [6.07, 6.45) is 0. The fourth-order valence-corrected chi connectivity index (χ4v) is 2.28. The number of benzene rings is 2. The van der Waals surface area contributed by atoms with Crippen LogP contribution in [0, 0.1) is 10.1 Å². The largest absolute Gasteiger partial charge is 0.508 e. The van der Waals surface area contributed by atoms with Crippen molar-refractivity contribution in [3.8, 4) is 5.75 Å². The van der Waals surface area contributed by atoms with Crippen LogP contribution in [0.15, 0.2) is 52.3 Å². The SMILES string of the molecule is Nc1cc(Sc2ccc(O)cc2)ccc1[N+](=O)[O-]. The lowest BCUT2D eigenvalue weighted by Gasteiger charge is -2.03. The van der Waals surface area contributed by atoms with Crippen molar-refractivity contribution in [3.63, 3.8) is 0 Å². The summed E-state index contributed by atoms with van der Waals surface area (Å²) in [5.74, 6) is 0.197. The van der Waals surface area contributed by atoms with Gasteiger partial charge in [0.1, 0.15) is 11.4 Å². The highest BCUT2D eigenvalue weighted by atomic mass is 32.2. The van der Waals surface area contributed by atoms with Gasteiger partial charge in [0.15, 0.2) is 0 Å². The van der Waals surface area contributed by atoms with Crippen LogP contribution in [0.5, 0.6) is 5.75 Å². The number of nitrogens with two attached hydrogens (primary N) is 1. The first-order valence-electron chi connectivity index (χ1n) is 5.07. The Balaban J connectivity index is 2.22. The molecule has 92 valence electrons. The summed E-state index contributed by atoms with van der Waals surface area (Å²) >= 11 is 1.42. The first-order valence-corrected chi connectivity index (χ1v) is 5.89. The topological polar surface area (TPSA) is 89.4 Å². The zero-order chi connectivity index (χ0) is 13.1. The van der Waals surface area contributed by atoms with E-state index in [1.165, 1.54) is 17.8 Å². The first-order chi connectivity index (χ1) is 8.56. The molecule has 0 aliphatic rings. The summed E-state index contributed by atoms with van der Waals surface area (Å²) < 4.78 is 0. The number of nitro groups is 1. The smallest absolute Gasteiger partial charge is 0.292 e. The molecule has 0 aromatic heterocycles. The second kappa shape index (κ2) is 4.97. The maximum Gasteiger partial charge on any atom is 0.292 e. The van der Waals surface area contributed by atoms with Crippen molar-refractivity contribution in [2.24, 2.45) is 0 Å². The van der Waals surface area contributed by atoms with Gasteiger partial charge in [-0.2, -0.15) is 0 Å². The van der Waals surface area contributed by atoms with Crippen LogP contribution < -0.4 is 5.73 Å².